The van der Waals surface area contributed by atoms with Crippen LogP contribution in [0.1, 0.15) is 34.3 Å². The first-order valence-electron chi connectivity index (χ1n) is 10.3. The highest BCUT2D eigenvalue weighted by Crippen LogP contribution is 2.36. The van der Waals surface area contributed by atoms with Crippen molar-refractivity contribution in [1.29, 1.82) is 0 Å². The zero-order chi connectivity index (χ0) is 22.2. The SMILES string of the molecule is CCN(C(=O)c1oc2ccccc2c1CSc1nc(C)cs1)c1nc2c(C)cccc2s1. The van der Waals surface area contributed by atoms with E-state index in [1.807, 2.05) is 68.6 Å². The number of benzene rings is 2. The highest BCUT2D eigenvalue weighted by molar-refractivity contribution is 8.00. The maximum absolute atomic E-state index is 13.7. The number of furan rings is 1. The fourth-order valence-electron chi connectivity index (χ4n) is 3.63. The average Bonchev–Trinajstić information content (AvgIpc) is 3.50. The van der Waals surface area contributed by atoms with Gasteiger partial charge >= 0.3 is 0 Å². The van der Waals surface area contributed by atoms with E-state index < -0.39 is 0 Å². The minimum Gasteiger partial charge on any atom is -0.451 e. The van der Waals surface area contributed by atoms with E-state index in [9.17, 15) is 4.79 Å². The maximum atomic E-state index is 13.7. The van der Waals surface area contributed by atoms with Crippen LogP contribution in [-0.4, -0.2) is 22.4 Å². The number of aromatic nitrogens is 2. The standard InChI is InChI=1S/C24H21N3O2S3/c1-4-27(23-26-20-14(2)8-7-11-19(20)32-23)22(28)21-17(13-31-24-25-15(3)12-30-24)16-9-5-6-10-18(16)29-21/h5-12H,4,13H2,1-3H3. The molecule has 5 nitrogen and oxygen atoms in total. The van der Waals surface area contributed by atoms with Gasteiger partial charge in [-0.3, -0.25) is 9.69 Å². The van der Waals surface area contributed by atoms with Crippen LogP contribution in [0.5, 0.6) is 0 Å². The molecule has 0 N–H and O–H groups in total. The van der Waals surface area contributed by atoms with E-state index in [-0.39, 0.29) is 5.91 Å². The molecule has 3 aromatic heterocycles. The van der Waals surface area contributed by atoms with Crippen molar-refractivity contribution in [2.24, 2.45) is 0 Å². The molecule has 5 rings (SSSR count). The molecule has 0 saturated heterocycles. The summed E-state index contributed by atoms with van der Waals surface area (Å²) in [5.41, 5.74) is 4.68. The number of amides is 1. The lowest BCUT2D eigenvalue weighted by molar-refractivity contribution is 0.0963. The van der Waals surface area contributed by atoms with Crippen LogP contribution >= 0.6 is 34.4 Å². The third-order valence-electron chi connectivity index (χ3n) is 5.23. The molecule has 162 valence electrons. The number of aryl methyl sites for hydroxylation is 2. The highest BCUT2D eigenvalue weighted by atomic mass is 32.2. The Labute approximate surface area is 198 Å². The molecule has 0 radical (unpaired) electrons. The van der Waals surface area contributed by atoms with E-state index in [1.54, 1.807) is 28.0 Å². The van der Waals surface area contributed by atoms with Crippen LogP contribution in [-0.2, 0) is 5.75 Å². The number of hydrogen-bond acceptors (Lipinski definition) is 7. The molecule has 0 fully saturated rings. The molecule has 0 saturated carbocycles. The number of anilines is 1. The summed E-state index contributed by atoms with van der Waals surface area (Å²) in [6, 6.07) is 13.9. The first-order chi connectivity index (χ1) is 15.5. The lowest BCUT2D eigenvalue weighted by Gasteiger charge is -2.17. The largest absolute Gasteiger partial charge is 0.451 e. The fraction of sp³-hybridized carbons (Fsp3) is 0.208. The number of thioether (sulfide) groups is 1. The van der Waals surface area contributed by atoms with Crippen LogP contribution in [0.3, 0.4) is 0 Å². The summed E-state index contributed by atoms with van der Waals surface area (Å²) in [4.78, 5) is 24.8. The lowest BCUT2D eigenvalue weighted by atomic mass is 10.1. The van der Waals surface area contributed by atoms with Crippen molar-refractivity contribution in [2.45, 2.75) is 30.9 Å². The summed E-state index contributed by atoms with van der Waals surface area (Å²) < 4.78 is 8.17. The normalized spacial score (nSPS) is 11.5. The van der Waals surface area contributed by atoms with Crippen molar-refractivity contribution in [1.82, 2.24) is 9.97 Å². The molecule has 0 bridgehead atoms. The molecule has 0 aliphatic rings. The van der Waals surface area contributed by atoms with Gasteiger partial charge in [0.25, 0.3) is 5.91 Å². The molecule has 3 heterocycles. The number of thiazole rings is 2. The topological polar surface area (TPSA) is 59.2 Å². The Balaban J connectivity index is 1.54. The molecule has 0 atom stereocenters. The van der Waals surface area contributed by atoms with E-state index in [0.717, 1.165) is 42.3 Å². The molecule has 0 spiro atoms. The maximum Gasteiger partial charge on any atom is 0.296 e. The van der Waals surface area contributed by atoms with Crippen molar-refractivity contribution >= 4 is 66.7 Å². The van der Waals surface area contributed by atoms with Crippen LogP contribution in [0, 0.1) is 13.8 Å². The van der Waals surface area contributed by atoms with Gasteiger partial charge in [0, 0.05) is 34.3 Å². The monoisotopic (exact) mass is 479 g/mol. The number of hydrogen-bond donors (Lipinski definition) is 0. The molecule has 2 aromatic carbocycles. The van der Waals surface area contributed by atoms with Crippen LogP contribution in [0.2, 0.25) is 0 Å². The van der Waals surface area contributed by atoms with Gasteiger partial charge < -0.3 is 4.42 Å². The molecule has 0 unspecified atom stereocenters. The second-order valence-corrected chi connectivity index (χ2v) is 10.5. The Morgan fingerprint density at radius 3 is 2.72 bits per heavy atom. The minimum atomic E-state index is -0.161. The number of carbonyl (C=O) groups is 1. The number of carbonyl (C=O) groups excluding carboxylic acids is 1. The number of para-hydroxylation sites is 2. The van der Waals surface area contributed by atoms with Crippen molar-refractivity contribution in [2.75, 3.05) is 11.4 Å². The van der Waals surface area contributed by atoms with Crippen LogP contribution in [0.4, 0.5) is 5.13 Å². The Kier molecular flexibility index (Phi) is 5.75. The van der Waals surface area contributed by atoms with Gasteiger partial charge in [-0.15, -0.1) is 11.3 Å². The summed E-state index contributed by atoms with van der Waals surface area (Å²) >= 11 is 4.78. The van der Waals surface area contributed by atoms with Gasteiger partial charge in [0.15, 0.2) is 10.9 Å². The second-order valence-electron chi connectivity index (χ2n) is 7.42. The Morgan fingerprint density at radius 2 is 1.97 bits per heavy atom. The molecule has 1 amide bonds. The van der Waals surface area contributed by atoms with Gasteiger partial charge in [-0.25, -0.2) is 9.97 Å². The van der Waals surface area contributed by atoms with Gasteiger partial charge in [0.1, 0.15) is 9.92 Å². The number of rotatable bonds is 6. The Bertz CT molecular complexity index is 1430. The molecule has 0 aliphatic heterocycles. The van der Waals surface area contributed by atoms with Gasteiger partial charge in [0.05, 0.1) is 10.2 Å². The zero-order valence-electron chi connectivity index (χ0n) is 17.9. The van der Waals surface area contributed by atoms with E-state index in [2.05, 4.69) is 4.98 Å². The predicted molar refractivity (Wildman–Crippen MR) is 134 cm³/mol. The van der Waals surface area contributed by atoms with Crippen LogP contribution < -0.4 is 4.90 Å². The van der Waals surface area contributed by atoms with Crippen LogP contribution in [0.15, 0.2) is 56.6 Å². The van der Waals surface area contributed by atoms with Crippen molar-refractivity contribution < 1.29 is 9.21 Å². The predicted octanol–water partition coefficient (Wildman–Crippen LogP) is 7.07. The summed E-state index contributed by atoms with van der Waals surface area (Å²) in [6.07, 6.45) is 0. The third-order valence-corrected chi connectivity index (χ3v) is 8.44. The highest BCUT2D eigenvalue weighted by Gasteiger charge is 2.27. The smallest absolute Gasteiger partial charge is 0.296 e. The zero-order valence-corrected chi connectivity index (χ0v) is 20.4. The molecule has 32 heavy (non-hydrogen) atoms. The average molecular weight is 480 g/mol. The van der Waals surface area contributed by atoms with Crippen LogP contribution in [0.25, 0.3) is 21.2 Å². The lowest BCUT2D eigenvalue weighted by Crippen LogP contribution is -2.30. The van der Waals surface area contributed by atoms with E-state index >= 15 is 0 Å². The van der Waals surface area contributed by atoms with Gasteiger partial charge in [-0.2, -0.15) is 0 Å². The van der Waals surface area contributed by atoms with E-state index in [0.29, 0.717) is 23.2 Å². The van der Waals surface area contributed by atoms with Crippen molar-refractivity contribution in [3.05, 3.63) is 70.4 Å². The molecule has 0 aliphatic carbocycles. The Hall–Kier alpha value is -2.68. The molecule has 5 aromatic rings. The number of nitrogens with zero attached hydrogens (tertiary/aromatic N) is 3. The van der Waals surface area contributed by atoms with Gasteiger partial charge in [-0.05, 0) is 38.5 Å². The Morgan fingerprint density at radius 1 is 1.12 bits per heavy atom. The first-order valence-corrected chi connectivity index (χ1v) is 13.0. The van der Waals surface area contributed by atoms with Gasteiger partial charge in [0.2, 0.25) is 0 Å². The van der Waals surface area contributed by atoms with E-state index in [1.165, 1.54) is 11.3 Å². The summed E-state index contributed by atoms with van der Waals surface area (Å²) in [5.74, 6) is 0.831. The first kappa shape index (κ1) is 21.2. The quantitative estimate of drug-likeness (QED) is 0.244. The molecular formula is C24H21N3O2S3. The van der Waals surface area contributed by atoms with Gasteiger partial charge in [-0.1, -0.05) is 53.4 Å². The fourth-order valence-corrected chi connectivity index (χ4v) is 6.61. The summed E-state index contributed by atoms with van der Waals surface area (Å²) in [7, 11) is 0. The second kappa shape index (κ2) is 8.69. The summed E-state index contributed by atoms with van der Waals surface area (Å²) in [5, 5.41) is 3.69. The van der Waals surface area contributed by atoms with E-state index in [4.69, 9.17) is 9.40 Å². The number of fused-ring (bicyclic) bond motifs is 2. The molecular weight excluding hydrogens is 458 g/mol. The van der Waals surface area contributed by atoms with Crippen molar-refractivity contribution in [3.63, 3.8) is 0 Å². The molecule has 8 heteroatoms. The summed E-state index contributed by atoms with van der Waals surface area (Å²) in [6.45, 7) is 6.50. The van der Waals surface area contributed by atoms with Crippen molar-refractivity contribution in [3.8, 4) is 0 Å². The minimum absolute atomic E-state index is 0.161. The third kappa shape index (κ3) is 3.83.